The third kappa shape index (κ3) is 3.42. The number of Topliss-reactive ketones (excluding diaryl/α,β-unsaturated/α-hetero) is 2. The van der Waals surface area contributed by atoms with Crippen LogP contribution in [0.5, 0.6) is 0 Å². The third-order valence-electron chi connectivity index (χ3n) is 12.1. The number of rotatable bonds is 4. The van der Waals surface area contributed by atoms with Crippen molar-refractivity contribution in [3.05, 3.63) is 24.2 Å². The van der Waals surface area contributed by atoms with Crippen molar-refractivity contribution in [1.29, 1.82) is 0 Å². The minimum atomic E-state index is -1.33. The normalized spacial score (nSPS) is 49.5. The number of esters is 2. The lowest BCUT2D eigenvalue weighted by molar-refractivity contribution is -0.375. The molecule has 2 bridgehead atoms. The van der Waals surface area contributed by atoms with E-state index in [9.17, 15) is 24.6 Å². The van der Waals surface area contributed by atoms with Gasteiger partial charge in [0.15, 0.2) is 18.2 Å². The predicted octanol–water partition coefficient (Wildman–Crippen LogP) is 2.17. The van der Waals surface area contributed by atoms with Gasteiger partial charge in [0.25, 0.3) is 0 Å². The van der Waals surface area contributed by atoms with Crippen molar-refractivity contribution in [1.82, 2.24) is 0 Å². The van der Waals surface area contributed by atoms with Gasteiger partial charge in [0, 0.05) is 67.8 Å². The summed E-state index contributed by atoms with van der Waals surface area (Å²) in [4.78, 5) is 53.9. The van der Waals surface area contributed by atoms with Crippen LogP contribution in [0.25, 0.3) is 0 Å². The number of hydrogen-bond acceptors (Lipinski definition) is 11. The van der Waals surface area contributed by atoms with Crippen molar-refractivity contribution in [2.75, 3.05) is 13.7 Å². The maximum Gasteiger partial charge on any atom is 0.303 e. The van der Waals surface area contributed by atoms with Crippen LogP contribution in [-0.2, 0) is 38.1 Å². The molecule has 5 fully saturated rings. The fraction of sp³-hybridized carbons (Fsp3) is 0.742. The van der Waals surface area contributed by atoms with Gasteiger partial charge < -0.3 is 33.6 Å². The van der Waals surface area contributed by atoms with Crippen LogP contribution in [0, 0.1) is 39.4 Å². The second-order valence-electron chi connectivity index (χ2n) is 13.8. The van der Waals surface area contributed by atoms with E-state index in [4.69, 9.17) is 23.4 Å². The standard InChI is InChI=1S/C31H40O11/c1-14(32)41-22-11-21(36)31-13-40-27(38-6)29(22,4)19(31)10-20(35)30(5)24-18(34)9-17(16-7-8-39-12-16)28(24,3)26(42-15(2)33)23(37)25(30)31/h7-8,12,17,19-22,24-27,35-36H,9-11,13H2,1-6H3/t17-,19-,20+,21-,22+,24+,25-,26-,27?,28-,29+,30-,31+/m0/s1. The van der Waals surface area contributed by atoms with Crippen LogP contribution in [0.15, 0.2) is 23.0 Å². The SMILES string of the molecule is COC1OC[C@]23[C@@H](O)C[C@@H](OC(C)=O)[C@@]1(C)[C@@H]2C[C@@H](O)[C@@]1(C)[C@@H]2C(=O)C[C@@H](c4ccoc4)[C@]2(C)[C@@H](OC(C)=O)C(=O)[C@@H]13. The van der Waals surface area contributed by atoms with Crippen molar-refractivity contribution >= 4 is 23.5 Å². The average molecular weight is 589 g/mol. The Morgan fingerprint density at radius 1 is 0.952 bits per heavy atom. The number of aliphatic hydroxyl groups excluding tert-OH is 2. The first-order chi connectivity index (χ1) is 19.7. The van der Waals surface area contributed by atoms with Crippen molar-refractivity contribution in [2.24, 2.45) is 39.4 Å². The first-order valence-electron chi connectivity index (χ1n) is 14.6. The van der Waals surface area contributed by atoms with Gasteiger partial charge in [-0.15, -0.1) is 0 Å². The van der Waals surface area contributed by atoms with Crippen molar-refractivity contribution < 1.29 is 52.8 Å². The van der Waals surface area contributed by atoms with Gasteiger partial charge >= 0.3 is 11.9 Å². The molecule has 6 rings (SSSR count). The molecular formula is C31H40O11. The molecule has 42 heavy (non-hydrogen) atoms. The van der Waals surface area contributed by atoms with Crippen molar-refractivity contribution in [2.45, 2.75) is 90.5 Å². The molecule has 1 aromatic rings. The molecule has 4 aliphatic carbocycles. The van der Waals surface area contributed by atoms with Crippen LogP contribution in [0.3, 0.4) is 0 Å². The fourth-order valence-electron chi connectivity index (χ4n) is 10.6. The molecule has 13 atom stereocenters. The van der Waals surface area contributed by atoms with Gasteiger partial charge in [0.2, 0.25) is 0 Å². The van der Waals surface area contributed by atoms with Crippen LogP contribution >= 0.6 is 0 Å². The summed E-state index contributed by atoms with van der Waals surface area (Å²) >= 11 is 0. The highest BCUT2D eigenvalue weighted by atomic mass is 16.7. The van der Waals surface area contributed by atoms with Gasteiger partial charge in [-0.25, -0.2) is 0 Å². The lowest BCUT2D eigenvalue weighted by Crippen LogP contribution is -2.80. The average Bonchev–Trinajstić information content (AvgIpc) is 3.53. The summed E-state index contributed by atoms with van der Waals surface area (Å²) in [6, 6.07) is 1.74. The minimum Gasteiger partial charge on any atom is -0.472 e. The first kappa shape index (κ1) is 29.5. The Morgan fingerprint density at radius 2 is 1.64 bits per heavy atom. The van der Waals surface area contributed by atoms with E-state index >= 15 is 4.79 Å². The minimum absolute atomic E-state index is 0.0114. The maximum atomic E-state index is 15.0. The van der Waals surface area contributed by atoms with Gasteiger partial charge in [-0.3, -0.25) is 19.2 Å². The topological polar surface area (TPSA) is 159 Å². The van der Waals surface area contributed by atoms with Gasteiger partial charge in [-0.2, -0.15) is 0 Å². The van der Waals surface area contributed by atoms with E-state index in [0.717, 1.165) is 0 Å². The number of carbonyl (C=O) groups is 4. The third-order valence-corrected chi connectivity index (χ3v) is 12.1. The molecule has 1 aromatic heterocycles. The largest absolute Gasteiger partial charge is 0.472 e. The van der Waals surface area contributed by atoms with E-state index in [1.54, 1.807) is 19.9 Å². The highest BCUT2D eigenvalue weighted by Crippen LogP contribution is 2.75. The molecule has 11 nitrogen and oxygen atoms in total. The van der Waals surface area contributed by atoms with E-state index in [1.165, 1.54) is 33.5 Å². The van der Waals surface area contributed by atoms with Crippen LogP contribution in [0.1, 0.15) is 65.4 Å². The lowest BCUT2D eigenvalue weighted by Gasteiger charge is -2.73. The van der Waals surface area contributed by atoms with E-state index in [2.05, 4.69) is 0 Å². The first-order valence-corrected chi connectivity index (χ1v) is 14.6. The Balaban J connectivity index is 1.57. The van der Waals surface area contributed by atoms with Gasteiger partial charge in [-0.1, -0.05) is 20.8 Å². The molecule has 2 N–H and O–H groups in total. The Morgan fingerprint density at radius 3 is 2.24 bits per heavy atom. The molecule has 1 unspecified atom stereocenters. The Bertz CT molecular complexity index is 1310. The summed E-state index contributed by atoms with van der Waals surface area (Å²) in [6.45, 7) is 7.81. The summed E-state index contributed by atoms with van der Waals surface area (Å²) in [5, 5.41) is 24.2. The van der Waals surface area contributed by atoms with E-state index in [-0.39, 0.29) is 31.7 Å². The maximum absolute atomic E-state index is 15.0. The van der Waals surface area contributed by atoms with Crippen molar-refractivity contribution in [3.63, 3.8) is 0 Å². The van der Waals surface area contributed by atoms with E-state index in [1.807, 2.05) is 6.92 Å². The molecule has 0 spiro atoms. The highest BCUT2D eigenvalue weighted by Gasteiger charge is 2.82. The molecule has 1 aliphatic heterocycles. The Kier molecular flexibility index (Phi) is 6.63. The Labute approximate surface area is 244 Å². The summed E-state index contributed by atoms with van der Waals surface area (Å²) in [6.07, 6.45) is -2.11. The summed E-state index contributed by atoms with van der Waals surface area (Å²) < 4.78 is 28.9. The molecule has 0 aromatic carbocycles. The molecular weight excluding hydrogens is 548 g/mol. The summed E-state index contributed by atoms with van der Waals surface area (Å²) in [5.41, 5.74) is -4.13. The summed E-state index contributed by atoms with van der Waals surface area (Å²) in [7, 11) is 1.48. The monoisotopic (exact) mass is 588 g/mol. The molecule has 0 radical (unpaired) electrons. The smallest absolute Gasteiger partial charge is 0.303 e. The molecule has 4 saturated carbocycles. The van der Waals surface area contributed by atoms with E-state index in [0.29, 0.717) is 5.56 Å². The second kappa shape index (κ2) is 9.45. The van der Waals surface area contributed by atoms with Gasteiger partial charge in [0.1, 0.15) is 11.9 Å². The number of fused-ring (bicyclic) bond motifs is 3. The number of hydrogen-bond donors (Lipinski definition) is 2. The molecule has 0 amide bonds. The zero-order chi connectivity index (χ0) is 30.6. The van der Waals surface area contributed by atoms with Crippen molar-refractivity contribution in [3.8, 4) is 0 Å². The number of ketones is 2. The molecule has 230 valence electrons. The van der Waals surface area contributed by atoms with Gasteiger partial charge in [0.05, 0.1) is 36.8 Å². The number of ether oxygens (including phenoxy) is 4. The summed E-state index contributed by atoms with van der Waals surface area (Å²) in [5.74, 6) is -4.90. The molecule has 1 saturated heterocycles. The van der Waals surface area contributed by atoms with Crippen LogP contribution in [-0.4, -0.2) is 78.1 Å². The number of aliphatic hydroxyl groups is 2. The highest BCUT2D eigenvalue weighted by molar-refractivity contribution is 5.97. The second-order valence-corrected chi connectivity index (χ2v) is 13.8. The van der Waals surface area contributed by atoms with E-state index < -0.39 is 93.8 Å². The Hall–Kier alpha value is -2.60. The zero-order valence-corrected chi connectivity index (χ0v) is 24.8. The number of methoxy groups -OCH3 is 1. The van der Waals surface area contributed by atoms with Crippen LogP contribution in [0.2, 0.25) is 0 Å². The molecule has 11 heteroatoms. The number of carbonyl (C=O) groups excluding carboxylic acids is 4. The fourth-order valence-corrected chi connectivity index (χ4v) is 10.6. The number of furan rings is 1. The quantitative estimate of drug-likeness (QED) is 0.497. The zero-order valence-electron chi connectivity index (χ0n) is 24.8. The van der Waals surface area contributed by atoms with Crippen LogP contribution in [0.4, 0.5) is 0 Å². The molecule has 2 heterocycles. The van der Waals surface area contributed by atoms with Crippen LogP contribution < -0.4 is 0 Å². The molecule has 5 aliphatic rings. The lowest BCUT2D eigenvalue weighted by atomic mass is 9.33. The van der Waals surface area contributed by atoms with Gasteiger partial charge in [-0.05, 0) is 24.0 Å². The predicted molar refractivity (Wildman–Crippen MR) is 142 cm³/mol.